The van der Waals surface area contributed by atoms with Crippen LogP contribution in [0.2, 0.25) is 0 Å². The number of phenols is 1. The number of aliphatic hydroxyl groups is 1. The number of nitrogens with two attached hydrogens (primary N) is 1. The van der Waals surface area contributed by atoms with Crippen molar-refractivity contribution < 1.29 is 19.7 Å². The normalized spacial score (nSPS) is 19.0. The SMILES string of the molecule is N[C@@H](Cc1ccc(O)cc1)C(=O)NC1(CO)CCOCC1. The first-order valence-electron chi connectivity index (χ1n) is 7.09. The zero-order chi connectivity index (χ0) is 15.3. The molecule has 0 spiro atoms. The van der Waals surface area contributed by atoms with Gasteiger partial charge in [0.1, 0.15) is 5.75 Å². The van der Waals surface area contributed by atoms with E-state index in [-0.39, 0.29) is 18.3 Å². The van der Waals surface area contributed by atoms with Gasteiger partial charge in [-0.15, -0.1) is 0 Å². The molecule has 5 N–H and O–H groups in total. The first-order valence-corrected chi connectivity index (χ1v) is 7.09. The molecule has 0 aromatic heterocycles. The van der Waals surface area contributed by atoms with E-state index in [1.165, 1.54) is 0 Å². The Labute approximate surface area is 123 Å². The van der Waals surface area contributed by atoms with Gasteiger partial charge in [0.2, 0.25) is 5.91 Å². The number of hydrogen-bond acceptors (Lipinski definition) is 5. The van der Waals surface area contributed by atoms with E-state index in [1.54, 1.807) is 24.3 Å². The molecule has 1 saturated heterocycles. The average Bonchev–Trinajstić information content (AvgIpc) is 2.50. The largest absolute Gasteiger partial charge is 0.508 e. The summed E-state index contributed by atoms with van der Waals surface area (Å²) in [7, 11) is 0. The highest BCUT2D eigenvalue weighted by Gasteiger charge is 2.34. The second-order valence-corrected chi connectivity index (χ2v) is 5.52. The van der Waals surface area contributed by atoms with Crippen molar-refractivity contribution in [2.24, 2.45) is 5.73 Å². The summed E-state index contributed by atoms with van der Waals surface area (Å²) >= 11 is 0. The molecule has 21 heavy (non-hydrogen) atoms. The van der Waals surface area contributed by atoms with Crippen LogP contribution >= 0.6 is 0 Å². The molecule has 1 aromatic rings. The van der Waals surface area contributed by atoms with Gasteiger partial charge in [-0.1, -0.05) is 12.1 Å². The summed E-state index contributed by atoms with van der Waals surface area (Å²) in [5.41, 5.74) is 6.18. The molecule has 1 atom stereocenters. The first-order chi connectivity index (χ1) is 10.0. The van der Waals surface area contributed by atoms with Crippen molar-refractivity contribution in [1.82, 2.24) is 5.32 Å². The number of amides is 1. The zero-order valence-electron chi connectivity index (χ0n) is 11.9. The molecule has 1 aliphatic heterocycles. The Morgan fingerprint density at radius 1 is 1.33 bits per heavy atom. The number of nitrogens with one attached hydrogen (secondary N) is 1. The molecule has 0 saturated carbocycles. The fraction of sp³-hybridized carbons (Fsp3) is 0.533. The van der Waals surface area contributed by atoms with Gasteiger partial charge in [0, 0.05) is 13.2 Å². The monoisotopic (exact) mass is 294 g/mol. The molecule has 116 valence electrons. The molecular formula is C15H22N2O4. The van der Waals surface area contributed by atoms with E-state index in [2.05, 4.69) is 5.32 Å². The van der Waals surface area contributed by atoms with Crippen molar-refractivity contribution in [3.05, 3.63) is 29.8 Å². The zero-order valence-corrected chi connectivity index (χ0v) is 11.9. The minimum Gasteiger partial charge on any atom is -0.508 e. The standard InChI is InChI=1S/C15H22N2O4/c16-13(9-11-1-3-12(19)4-2-11)14(20)17-15(10-18)5-7-21-8-6-15/h1-4,13,18-19H,5-10,16H2,(H,17,20)/t13-/m0/s1. The van der Waals surface area contributed by atoms with Crippen LogP contribution in [0.3, 0.4) is 0 Å². The Kier molecular flexibility index (Phi) is 5.17. The predicted molar refractivity (Wildman–Crippen MR) is 77.8 cm³/mol. The lowest BCUT2D eigenvalue weighted by molar-refractivity contribution is -0.126. The minimum atomic E-state index is -0.694. The highest BCUT2D eigenvalue weighted by Crippen LogP contribution is 2.20. The number of carbonyl (C=O) groups is 1. The topological polar surface area (TPSA) is 105 Å². The molecule has 6 nitrogen and oxygen atoms in total. The number of aromatic hydroxyl groups is 1. The molecule has 0 radical (unpaired) electrons. The third kappa shape index (κ3) is 4.17. The molecular weight excluding hydrogens is 272 g/mol. The van der Waals surface area contributed by atoms with E-state index in [9.17, 15) is 15.0 Å². The lowest BCUT2D eigenvalue weighted by Crippen LogP contribution is -2.58. The van der Waals surface area contributed by atoms with Crippen LogP contribution in [0, 0.1) is 0 Å². The smallest absolute Gasteiger partial charge is 0.237 e. The van der Waals surface area contributed by atoms with E-state index >= 15 is 0 Å². The summed E-state index contributed by atoms with van der Waals surface area (Å²) in [5.74, 6) is -0.0998. The number of carbonyl (C=O) groups excluding carboxylic acids is 1. The van der Waals surface area contributed by atoms with E-state index < -0.39 is 11.6 Å². The number of rotatable bonds is 5. The molecule has 2 rings (SSSR count). The summed E-state index contributed by atoms with van der Waals surface area (Å²) in [6, 6.07) is 5.90. The molecule has 0 aliphatic carbocycles. The number of phenolic OH excluding ortho intramolecular Hbond substituents is 1. The van der Waals surface area contributed by atoms with E-state index in [4.69, 9.17) is 10.5 Å². The van der Waals surface area contributed by atoms with Gasteiger partial charge in [0.05, 0.1) is 18.2 Å². The van der Waals surface area contributed by atoms with Crippen molar-refractivity contribution >= 4 is 5.91 Å². The molecule has 1 fully saturated rings. The van der Waals surface area contributed by atoms with Crippen LogP contribution in [0.5, 0.6) is 5.75 Å². The molecule has 6 heteroatoms. The Balaban J connectivity index is 1.93. The van der Waals surface area contributed by atoms with Gasteiger partial charge in [-0.2, -0.15) is 0 Å². The molecule has 1 aromatic carbocycles. The van der Waals surface area contributed by atoms with Crippen molar-refractivity contribution in [3.8, 4) is 5.75 Å². The molecule has 1 amide bonds. The van der Waals surface area contributed by atoms with Gasteiger partial charge in [0.25, 0.3) is 0 Å². The summed E-state index contributed by atoms with van der Waals surface area (Å²) in [6.45, 7) is 0.927. The third-order valence-corrected chi connectivity index (χ3v) is 3.87. The summed E-state index contributed by atoms with van der Waals surface area (Å²) in [4.78, 5) is 12.2. The Morgan fingerprint density at radius 3 is 2.52 bits per heavy atom. The van der Waals surface area contributed by atoms with Gasteiger partial charge in [-0.05, 0) is 37.0 Å². The fourth-order valence-electron chi connectivity index (χ4n) is 2.42. The summed E-state index contributed by atoms with van der Waals surface area (Å²) < 4.78 is 5.26. The third-order valence-electron chi connectivity index (χ3n) is 3.87. The van der Waals surface area contributed by atoms with E-state index in [1.807, 2.05) is 0 Å². The van der Waals surface area contributed by atoms with Gasteiger partial charge in [-0.25, -0.2) is 0 Å². The molecule has 0 unspecified atom stereocenters. The number of ether oxygens (including phenoxy) is 1. The maximum Gasteiger partial charge on any atom is 0.237 e. The second-order valence-electron chi connectivity index (χ2n) is 5.52. The van der Waals surface area contributed by atoms with Gasteiger partial charge in [-0.3, -0.25) is 4.79 Å². The fourth-order valence-corrected chi connectivity index (χ4v) is 2.42. The van der Waals surface area contributed by atoms with Crippen LogP contribution in [0.15, 0.2) is 24.3 Å². The molecule has 1 heterocycles. The van der Waals surface area contributed by atoms with Crippen LogP contribution in [0.25, 0.3) is 0 Å². The lowest BCUT2D eigenvalue weighted by Gasteiger charge is -2.37. The maximum absolute atomic E-state index is 12.2. The van der Waals surface area contributed by atoms with Gasteiger partial charge < -0.3 is 26.0 Å². The Morgan fingerprint density at radius 2 is 1.95 bits per heavy atom. The Hall–Kier alpha value is -1.63. The second kappa shape index (κ2) is 6.89. The van der Waals surface area contributed by atoms with Gasteiger partial charge in [0.15, 0.2) is 0 Å². The quantitative estimate of drug-likeness (QED) is 0.608. The number of hydrogen-bond donors (Lipinski definition) is 4. The average molecular weight is 294 g/mol. The number of benzene rings is 1. The number of aliphatic hydroxyl groups excluding tert-OH is 1. The first kappa shape index (κ1) is 15.8. The minimum absolute atomic E-state index is 0.117. The van der Waals surface area contributed by atoms with Crippen LogP contribution in [-0.4, -0.2) is 47.5 Å². The van der Waals surface area contributed by atoms with E-state index in [0.717, 1.165) is 5.56 Å². The lowest BCUT2D eigenvalue weighted by atomic mass is 9.90. The maximum atomic E-state index is 12.2. The van der Waals surface area contributed by atoms with Gasteiger partial charge >= 0.3 is 0 Å². The summed E-state index contributed by atoms with van der Waals surface area (Å²) in [6.07, 6.45) is 1.55. The van der Waals surface area contributed by atoms with Crippen LogP contribution in [0.4, 0.5) is 0 Å². The van der Waals surface area contributed by atoms with Crippen LogP contribution < -0.4 is 11.1 Å². The molecule has 0 bridgehead atoms. The highest BCUT2D eigenvalue weighted by atomic mass is 16.5. The van der Waals surface area contributed by atoms with Crippen LogP contribution in [-0.2, 0) is 16.0 Å². The highest BCUT2D eigenvalue weighted by molar-refractivity contribution is 5.82. The van der Waals surface area contributed by atoms with E-state index in [0.29, 0.717) is 32.5 Å². The van der Waals surface area contributed by atoms with Crippen molar-refractivity contribution in [2.75, 3.05) is 19.8 Å². The van der Waals surface area contributed by atoms with Crippen molar-refractivity contribution in [3.63, 3.8) is 0 Å². The van der Waals surface area contributed by atoms with Crippen LogP contribution in [0.1, 0.15) is 18.4 Å². The van der Waals surface area contributed by atoms with Crippen molar-refractivity contribution in [1.29, 1.82) is 0 Å². The Bertz CT molecular complexity index is 469. The summed E-state index contributed by atoms with van der Waals surface area (Å²) in [5, 5.41) is 21.7. The van der Waals surface area contributed by atoms with Crippen molar-refractivity contribution in [2.45, 2.75) is 30.8 Å². The predicted octanol–water partition coefficient (Wildman–Crippen LogP) is -0.0803. The molecule has 1 aliphatic rings.